The first-order valence-electron chi connectivity index (χ1n) is 9.98. The summed E-state index contributed by atoms with van der Waals surface area (Å²) in [6, 6.07) is 13.2. The Hall–Kier alpha value is -3.86. The minimum atomic E-state index is -4.51. The molecule has 2 N–H and O–H groups in total. The summed E-state index contributed by atoms with van der Waals surface area (Å²) in [5.41, 5.74) is 1.31. The smallest absolute Gasteiger partial charge is 0.340 e. The molecule has 2 aromatic carbocycles. The van der Waals surface area contributed by atoms with E-state index in [1.807, 2.05) is 0 Å². The average Bonchev–Trinajstić information content (AvgIpc) is 3.11. The Morgan fingerprint density at radius 3 is 2.38 bits per heavy atom. The molecule has 0 saturated heterocycles. The predicted octanol–water partition coefficient (Wildman–Crippen LogP) is 5.61. The molecule has 4 aromatic rings. The van der Waals surface area contributed by atoms with Gasteiger partial charge in [-0.2, -0.15) is 13.2 Å². The Kier molecular flexibility index (Phi) is 6.05. The lowest BCUT2D eigenvalue weighted by Gasteiger charge is -2.14. The Balaban J connectivity index is 1.54. The molecule has 0 spiro atoms. The third-order valence-electron chi connectivity index (χ3n) is 5.10. The molecule has 0 saturated carbocycles. The Morgan fingerprint density at radius 2 is 1.74 bits per heavy atom. The van der Waals surface area contributed by atoms with Crippen LogP contribution in [0.15, 0.2) is 70.3 Å². The molecule has 1 unspecified atom stereocenters. The third-order valence-corrected chi connectivity index (χ3v) is 6.65. The van der Waals surface area contributed by atoms with Crippen molar-refractivity contribution in [3.8, 4) is 11.3 Å². The van der Waals surface area contributed by atoms with Crippen molar-refractivity contribution in [3.05, 3.63) is 77.7 Å². The number of hydrogen-bond acceptors (Lipinski definition) is 6. The van der Waals surface area contributed by atoms with Crippen LogP contribution < -0.4 is 10.0 Å². The summed E-state index contributed by atoms with van der Waals surface area (Å²) >= 11 is 0. The first-order chi connectivity index (χ1) is 16.0. The maximum atomic E-state index is 13.4. The molecule has 0 radical (unpaired) electrons. The van der Waals surface area contributed by atoms with E-state index in [2.05, 4.69) is 31.0 Å². The predicted molar refractivity (Wildman–Crippen MR) is 125 cm³/mol. The number of halogens is 3. The second kappa shape index (κ2) is 8.82. The molecule has 7 nitrogen and oxygen atoms in total. The van der Waals surface area contributed by atoms with Crippen molar-refractivity contribution in [3.63, 3.8) is 0 Å². The minimum Gasteiger partial charge on any atom is -0.340 e. The molecular weight excluding hydrogens is 467 g/mol. The Bertz CT molecular complexity index is 1430. The van der Waals surface area contributed by atoms with Gasteiger partial charge in [0.1, 0.15) is 12.1 Å². The zero-order chi connectivity index (χ0) is 24.5. The fourth-order valence-electron chi connectivity index (χ4n) is 3.15. The second-order valence-electron chi connectivity index (χ2n) is 7.48. The van der Waals surface area contributed by atoms with Gasteiger partial charge in [0.2, 0.25) is 5.88 Å². The van der Waals surface area contributed by atoms with Crippen molar-refractivity contribution in [2.45, 2.75) is 24.9 Å². The van der Waals surface area contributed by atoms with Crippen molar-refractivity contribution in [2.75, 3.05) is 10.0 Å². The molecule has 176 valence electrons. The molecule has 2 heterocycles. The number of benzene rings is 2. The lowest BCUT2D eigenvalue weighted by Crippen LogP contribution is -2.12. The van der Waals surface area contributed by atoms with E-state index in [0.717, 1.165) is 11.6 Å². The van der Waals surface area contributed by atoms with E-state index in [1.165, 1.54) is 30.6 Å². The van der Waals surface area contributed by atoms with Crippen molar-refractivity contribution in [1.29, 1.82) is 0 Å². The van der Waals surface area contributed by atoms with E-state index < -0.39 is 21.4 Å². The van der Waals surface area contributed by atoms with Crippen molar-refractivity contribution >= 4 is 33.0 Å². The van der Waals surface area contributed by atoms with Crippen LogP contribution in [0.1, 0.15) is 16.8 Å². The van der Waals surface area contributed by atoms with Gasteiger partial charge >= 0.3 is 6.18 Å². The maximum Gasteiger partial charge on any atom is 0.417 e. The van der Waals surface area contributed by atoms with Gasteiger partial charge < -0.3 is 9.84 Å². The monoisotopic (exact) mass is 487 g/mol. The van der Waals surface area contributed by atoms with E-state index in [0.29, 0.717) is 22.1 Å². The topological polar surface area (TPSA) is 92.9 Å². The molecule has 2 aromatic heterocycles. The Labute approximate surface area is 194 Å². The molecule has 11 heteroatoms. The first-order valence-corrected chi connectivity index (χ1v) is 11.7. The van der Waals surface area contributed by atoms with Gasteiger partial charge in [-0.05, 0) is 50.0 Å². The number of hydrogen-bond donors (Lipinski definition) is 2. The molecule has 34 heavy (non-hydrogen) atoms. The van der Waals surface area contributed by atoms with Crippen LogP contribution in [0, 0.1) is 13.8 Å². The normalized spacial score (nSPS) is 13.3. The van der Waals surface area contributed by atoms with Gasteiger partial charge in [-0.1, -0.05) is 23.4 Å². The molecule has 1 atom stereocenters. The van der Waals surface area contributed by atoms with Crippen LogP contribution in [0.25, 0.3) is 11.3 Å². The fraction of sp³-hybridized carbons (Fsp3) is 0.130. The standard InChI is InChI=1S/C23H20F3N5O2S/c1-14-15(2)30-33-22(14)31-34(3,32)17-10-8-16(9-11-17)29-21-12-20(27-13-28-21)18-6-4-5-7-19(18)23(24,25)26/h4-13H,3H2,1-2H3,(H,31,32)(H,27,28,29). The minimum absolute atomic E-state index is 0.0448. The number of aryl methyl sites for hydroxylation is 1. The van der Waals surface area contributed by atoms with Crippen LogP contribution in [-0.2, 0) is 15.9 Å². The molecule has 0 amide bonds. The van der Waals surface area contributed by atoms with Gasteiger partial charge in [-0.3, -0.25) is 4.72 Å². The van der Waals surface area contributed by atoms with E-state index >= 15 is 0 Å². The molecular formula is C23H20F3N5O2S. The number of nitrogens with one attached hydrogen (secondary N) is 2. The first kappa shape index (κ1) is 23.3. The highest BCUT2D eigenvalue weighted by atomic mass is 32.2. The summed E-state index contributed by atoms with van der Waals surface area (Å²) in [7, 11) is -2.92. The number of alkyl halides is 3. The van der Waals surface area contributed by atoms with Gasteiger partial charge in [0.25, 0.3) is 0 Å². The summed E-state index contributed by atoms with van der Waals surface area (Å²) < 4.78 is 61.1. The Morgan fingerprint density at radius 1 is 1.03 bits per heavy atom. The summed E-state index contributed by atoms with van der Waals surface area (Å²) in [4.78, 5) is 8.51. The number of nitrogens with zero attached hydrogens (tertiary/aromatic N) is 3. The molecule has 0 aliphatic heterocycles. The lowest BCUT2D eigenvalue weighted by molar-refractivity contribution is -0.137. The van der Waals surface area contributed by atoms with Crippen LogP contribution in [0.4, 0.5) is 30.6 Å². The van der Waals surface area contributed by atoms with Crippen molar-refractivity contribution < 1.29 is 21.9 Å². The van der Waals surface area contributed by atoms with Crippen LogP contribution >= 0.6 is 0 Å². The molecule has 4 rings (SSSR count). The maximum absolute atomic E-state index is 13.4. The SMILES string of the molecule is C=S(=O)(Nc1onc(C)c1C)c1ccc(Nc2cc(-c3ccccc3C(F)(F)F)ncn2)cc1. The van der Waals surface area contributed by atoms with E-state index in [1.54, 1.807) is 38.1 Å². The van der Waals surface area contributed by atoms with Crippen LogP contribution in [-0.4, -0.2) is 25.2 Å². The quantitative estimate of drug-likeness (QED) is 0.343. The molecule has 0 fully saturated rings. The summed E-state index contributed by atoms with van der Waals surface area (Å²) in [5.74, 6) is 4.36. The zero-order valence-electron chi connectivity index (χ0n) is 18.2. The summed E-state index contributed by atoms with van der Waals surface area (Å²) in [6.45, 7) is 3.56. The van der Waals surface area contributed by atoms with Gasteiger partial charge in [0.15, 0.2) is 0 Å². The number of anilines is 3. The third kappa shape index (κ3) is 4.88. The highest BCUT2D eigenvalue weighted by Crippen LogP contribution is 2.36. The van der Waals surface area contributed by atoms with Gasteiger partial charge in [-0.25, -0.2) is 14.2 Å². The van der Waals surface area contributed by atoms with Crippen molar-refractivity contribution in [1.82, 2.24) is 15.1 Å². The highest BCUT2D eigenvalue weighted by molar-refractivity contribution is 8.01. The molecule has 0 aliphatic carbocycles. The zero-order valence-corrected chi connectivity index (χ0v) is 19.0. The number of rotatable bonds is 6. The summed E-state index contributed by atoms with van der Waals surface area (Å²) in [6.07, 6.45) is -3.32. The van der Waals surface area contributed by atoms with Crippen molar-refractivity contribution in [2.24, 2.45) is 0 Å². The largest absolute Gasteiger partial charge is 0.417 e. The highest BCUT2D eigenvalue weighted by Gasteiger charge is 2.33. The van der Waals surface area contributed by atoms with E-state index in [-0.39, 0.29) is 17.1 Å². The molecule has 0 aliphatic rings. The summed E-state index contributed by atoms with van der Waals surface area (Å²) in [5, 5.41) is 6.85. The lowest BCUT2D eigenvalue weighted by atomic mass is 10.0. The van der Waals surface area contributed by atoms with Crippen LogP contribution in [0.5, 0.6) is 0 Å². The second-order valence-corrected chi connectivity index (χ2v) is 9.51. The van der Waals surface area contributed by atoms with Gasteiger partial charge in [0, 0.05) is 27.8 Å². The van der Waals surface area contributed by atoms with Gasteiger partial charge in [0.05, 0.1) is 26.7 Å². The van der Waals surface area contributed by atoms with E-state index in [9.17, 15) is 17.4 Å². The number of aromatic nitrogens is 3. The van der Waals surface area contributed by atoms with Crippen LogP contribution in [0.2, 0.25) is 0 Å². The molecule has 0 bridgehead atoms. The van der Waals surface area contributed by atoms with Gasteiger partial charge in [-0.15, -0.1) is 0 Å². The van der Waals surface area contributed by atoms with E-state index in [4.69, 9.17) is 4.52 Å². The van der Waals surface area contributed by atoms with Crippen LogP contribution in [0.3, 0.4) is 0 Å². The average molecular weight is 488 g/mol. The fourth-order valence-corrected chi connectivity index (χ4v) is 4.34.